The molecule has 1 fully saturated rings. The van der Waals surface area contributed by atoms with E-state index in [0.29, 0.717) is 43.9 Å². The number of aryl methyl sites for hydroxylation is 1. The number of ether oxygens (including phenoxy) is 1. The molecule has 0 saturated carbocycles. The van der Waals surface area contributed by atoms with E-state index in [1.165, 1.54) is 16.8 Å². The monoisotopic (exact) mass is 436 g/mol. The van der Waals surface area contributed by atoms with E-state index in [9.17, 15) is 18.0 Å². The first kappa shape index (κ1) is 21.5. The van der Waals surface area contributed by atoms with Crippen molar-refractivity contribution in [2.45, 2.75) is 57.7 Å². The summed E-state index contributed by atoms with van der Waals surface area (Å²) in [6.45, 7) is 4.44. The third kappa shape index (κ3) is 4.50. The number of benzene rings is 1. The van der Waals surface area contributed by atoms with Crippen molar-refractivity contribution in [3.8, 4) is 5.75 Å². The largest absolute Gasteiger partial charge is 0.478 e. The zero-order valence-electron chi connectivity index (χ0n) is 17.6. The van der Waals surface area contributed by atoms with Crippen LogP contribution < -0.4 is 10.1 Å². The molecule has 0 spiro atoms. The first-order valence-corrected chi connectivity index (χ1v) is 10.6. The molecule has 2 aliphatic rings. The molecule has 31 heavy (non-hydrogen) atoms. The number of anilines is 1. The van der Waals surface area contributed by atoms with E-state index in [1.54, 1.807) is 36.9 Å². The highest BCUT2D eigenvalue weighted by Gasteiger charge is 2.38. The number of aromatic nitrogens is 2. The van der Waals surface area contributed by atoms with E-state index < -0.39 is 24.4 Å². The van der Waals surface area contributed by atoms with Gasteiger partial charge in [0.25, 0.3) is 12.3 Å². The molecule has 0 radical (unpaired) electrons. The highest BCUT2D eigenvalue weighted by Crippen LogP contribution is 2.37. The van der Waals surface area contributed by atoms with Crippen LogP contribution in [-0.2, 0) is 4.79 Å². The number of hydrogen-bond donors (Lipinski definition) is 1. The molecule has 0 unspecified atom stereocenters. The van der Waals surface area contributed by atoms with Gasteiger partial charge in [-0.05, 0) is 51.2 Å². The number of rotatable bonds is 5. The Morgan fingerprint density at radius 1 is 1.26 bits per heavy atom. The molecule has 2 aromatic rings. The lowest BCUT2D eigenvalue weighted by molar-refractivity contribution is -0.139. The Labute approximate surface area is 179 Å². The summed E-state index contributed by atoms with van der Waals surface area (Å²) < 4.78 is 48.0. The van der Waals surface area contributed by atoms with Gasteiger partial charge < -0.3 is 15.0 Å². The smallest absolute Gasteiger partial charge is 0.263 e. The van der Waals surface area contributed by atoms with E-state index in [2.05, 4.69) is 10.4 Å². The second kappa shape index (κ2) is 8.80. The van der Waals surface area contributed by atoms with Crippen molar-refractivity contribution in [2.24, 2.45) is 5.92 Å². The van der Waals surface area contributed by atoms with Crippen molar-refractivity contribution in [2.75, 3.05) is 18.4 Å². The maximum absolute atomic E-state index is 13.8. The minimum absolute atomic E-state index is 0.0505. The molecule has 3 atom stereocenters. The van der Waals surface area contributed by atoms with Crippen molar-refractivity contribution in [3.05, 3.63) is 41.8 Å². The number of para-hydroxylation sites is 1. The normalized spacial score (nSPS) is 22.7. The van der Waals surface area contributed by atoms with Crippen molar-refractivity contribution < 1.29 is 22.7 Å². The Morgan fingerprint density at radius 2 is 1.97 bits per heavy atom. The van der Waals surface area contributed by atoms with Crippen LogP contribution in [0.1, 0.15) is 37.9 Å². The Bertz CT molecular complexity index is 927. The molecule has 3 heterocycles. The molecule has 9 heteroatoms. The number of likely N-dealkylation sites (tertiary alicyclic amines) is 1. The number of carbonyl (C=O) groups excluding carboxylic acids is 1. The molecule has 1 amide bonds. The fraction of sp³-hybridized carbons (Fsp3) is 0.545. The van der Waals surface area contributed by atoms with Gasteiger partial charge in [0.05, 0.1) is 5.69 Å². The highest BCUT2D eigenvalue weighted by atomic mass is 19.3. The molecule has 1 aromatic heterocycles. The molecule has 0 aliphatic carbocycles. The zero-order valence-corrected chi connectivity index (χ0v) is 17.6. The maximum atomic E-state index is 13.8. The van der Waals surface area contributed by atoms with Crippen LogP contribution >= 0.6 is 0 Å². The van der Waals surface area contributed by atoms with Crippen LogP contribution in [0.2, 0.25) is 0 Å². The Hall–Kier alpha value is -2.71. The molecular weight excluding hydrogens is 409 g/mol. The molecule has 4 rings (SSSR count). The summed E-state index contributed by atoms with van der Waals surface area (Å²) in [6, 6.07) is 6.75. The van der Waals surface area contributed by atoms with Crippen molar-refractivity contribution in [3.63, 3.8) is 0 Å². The second-order valence-corrected chi connectivity index (χ2v) is 8.36. The van der Waals surface area contributed by atoms with Gasteiger partial charge in [0.2, 0.25) is 0 Å². The number of alkyl halides is 2. The number of carbonyl (C=O) groups is 1. The Morgan fingerprint density at radius 3 is 2.65 bits per heavy atom. The van der Waals surface area contributed by atoms with Gasteiger partial charge in [-0.25, -0.2) is 17.9 Å². The number of fused-ring (bicyclic) bond motifs is 1. The van der Waals surface area contributed by atoms with E-state index in [0.717, 1.165) is 0 Å². The average molecular weight is 436 g/mol. The average Bonchev–Trinajstić information content (AvgIpc) is 3.14. The lowest BCUT2D eigenvalue weighted by Crippen LogP contribution is -2.48. The van der Waals surface area contributed by atoms with Crippen molar-refractivity contribution in [1.29, 1.82) is 0 Å². The standard InChI is InChI=1S/C22H27F3N4O2/c1-13-11-20-26-17(12-18(21(24)25)29(20)27-13)15-7-9-28(10-8-15)22(30)14(2)31-19-6-4-3-5-16(19)23/h3-6,11,14-15,17-18,21,26H,7-10,12H2,1-2H3/t14-,17-,18+/m0/s1. The molecular formula is C22H27F3N4O2. The van der Waals surface area contributed by atoms with Gasteiger partial charge in [-0.1, -0.05) is 12.1 Å². The Kier molecular flexibility index (Phi) is 6.11. The van der Waals surface area contributed by atoms with Gasteiger partial charge in [0.15, 0.2) is 17.7 Å². The quantitative estimate of drug-likeness (QED) is 0.769. The summed E-state index contributed by atoms with van der Waals surface area (Å²) in [6.07, 6.45) is -1.57. The number of hydrogen-bond acceptors (Lipinski definition) is 4. The molecule has 6 nitrogen and oxygen atoms in total. The number of nitrogens with one attached hydrogen (secondary N) is 1. The first-order valence-electron chi connectivity index (χ1n) is 10.6. The first-order chi connectivity index (χ1) is 14.8. The molecule has 1 saturated heterocycles. The van der Waals surface area contributed by atoms with Gasteiger partial charge >= 0.3 is 0 Å². The summed E-state index contributed by atoms with van der Waals surface area (Å²) in [5.74, 6) is 0.154. The van der Waals surface area contributed by atoms with Crippen LogP contribution in [0.3, 0.4) is 0 Å². The molecule has 2 aliphatic heterocycles. The SMILES string of the molecule is Cc1cc2n(n1)[C@@H](C(F)F)C[C@@H](C1CCN(C(=O)[C@H](C)Oc3ccccc3F)CC1)N2. The summed E-state index contributed by atoms with van der Waals surface area (Å²) in [5, 5.41) is 7.58. The van der Waals surface area contributed by atoms with Crippen LogP contribution in [0.4, 0.5) is 19.0 Å². The molecule has 1 aromatic carbocycles. The van der Waals surface area contributed by atoms with Gasteiger partial charge in [-0.3, -0.25) is 4.79 Å². The summed E-state index contributed by atoms with van der Waals surface area (Å²) in [4.78, 5) is 14.5. The fourth-order valence-corrected chi connectivity index (χ4v) is 4.57. The van der Waals surface area contributed by atoms with E-state index in [4.69, 9.17) is 4.74 Å². The predicted octanol–water partition coefficient (Wildman–Crippen LogP) is 4.03. The lowest BCUT2D eigenvalue weighted by atomic mass is 9.85. The second-order valence-electron chi connectivity index (χ2n) is 8.36. The van der Waals surface area contributed by atoms with Crippen LogP contribution in [0, 0.1) is 18.7 Å². The van der Waals surface area contributed by atoms with Crippen molar-refractivity contribution >= 4 is 11.7 Å². The lowest BCUT2D eigenvalue weighted by Gasteiger charge is -2.40. The van der Waals surface area contributed by atoms with Crippen LogP contribution in [-0.4, -0.2) is 52.2 Å². The van der Waals surface area contributed by atoms with Gasteiger partial charge in [0, 0.05) is 25.2 Å². The number of amides is 1. The van der Waals surface area contributed by atoms with Gasteiger partial charge in [-0.2, -0.15) is 5.10 Å². The van der Waals surface area contributed by atoms with Crippen molar-refractivity contribution in [1.82, 2.24) is 14.7 Å². The Balaban J connectivity index is 1.35. The van der Waals surface area contributed by atoms with Gasteiger partial charge in [0.1, 0.15) is 11.9 Å². The maximum Gasteiger partial charge on any atom is 0.263 e. The highest BCUT2D eigenvalue weighted by molar-refractivity contribution is 5.81. The zero-order chi connectivity index (χ0) is 22.1. The molecule has 168 valence electrons. The minimum Gasteiger partial charge on any atom is -0.478 e. The van der Waals surface area contributed by atoms with E-state index in [-0.39, 0.29) is 23.6 Å². The predicted molar refractivity (Wildman–Crippen MR) is 110 cm³/mol. The van der Waals surface area contributed by atoms with Crippen LogP contribution in [0.25, 0.3) is 0 Å². The molecule has 1 N–H and O–H groups in total. The fourth-order valence-electron chi connectivity index (χ4n) is 4.57. The summed E-state index contributed by atoms with van der Waals surface area (Å²) in [5.41, 5.74) is 0.707. The van der Waals surface area contributed by atoms with E-state index in [1.807, 2.05) is 0 Å². The van der Waals surface area contributed by atoms with Crippen LogP contribution in [0.15, 0.2) is 30.3 Å². The van der Waals surface area contributed by atoms with E-state index >= 15 is 0 Å². The third-order valence-corrected chi connectivity index (χ3v) is 6.20. The number of piperidine rings is 1. The molecule has 0 bridgehead atoms. The topological polar surface area (TPSA) is 59.4 Å². The summed E-state index contributed by atoms with van der Waals surface area (Å²) >= 11 is 0. The summed E-state index contributed by atoms with van der Waals surface area (Å²) in [7, 11) is 0. The number of halogens is 3. The minimum atomic E-state index is -2.49. The number of nitrogens with zero attached hydrogens (tertiary/aromatic N) is 3. The third-order valence-electron chi connectivity index (χ3n) is 6.20. The van der Waals surface area contributed by atoms with Crippen LogP contribution in [0.5, 0.6) is 5.75 Å². The van der Waals surface area contributed by atoms with Gasteiger partial charge in [-0.15, -0.1) is 0 Å².